The molecule has 0 bridgehead atoms. The molecule has 88 heavy (non-hydrogen) atoms. The summed E-state index contributed by atoms with van der Waals surface area (Å²) < 4.78 is 7.80. The van der Waals surface area contributed by atoms with E-state index in [1.54, 1.807) is 0 Å². The first-order valence-electron chi connectivity index (χ1n) is 30.8. The average Bonchev–Trinajstić information content (AvgIpc) is 0.745. The molecular weight excluding hydrogens is 1070 g/mol. The van der Waals surface area contributed by atoms with Gasteiger partial charge in [-0.1, -0.05) is 121 Å². The molecule has 0 amide bonds. The standard InChI is InChI=1S/C80H65B2N5O/c1-50-18-12-26-59(36-50)83(60-27-13-19-51(2)37-60)65-44-74-79-75(45-65)86(63-30-16-22-54(5)40-63)71-42-56(7)32-34-67(71)81(79)69-48-70-77(49-73(69)85(74)58-24-10-9-11-25-58)88-78-47-66(84(61-28-14-20-52(3)38-61)62-29-15-21-53(4)39-62)46-76-80(78)82(70)68-35-33-57(8)43-72(68)87(76)64-31-17-23-55(6)41-64/h9-49H,1-8H3. The van der Waals surface area contributed by atoms with Crippen LogP contribution in [0, 0.1) is 55.4 Å². The molecule has 12 aromatic carbocycles. The Morgan fingerprint density at radius 3 is 1.08 bits per heavy atom. The topological polar surface area (TPSA) is 25.4 Å². The lowest BCUT2D eigenvalue weighted by Gasteiger charge is -2.46. The van der Waals surface area contributed by atoms with Crippen molar-refractivity contribution in [3.05, 3.63) is 293 Å². The average molecular weight is 1130 g/mol. The first-order valence-corrected chi connectivity index (χ1v) is 30.8. The van der Waals surface area contributed by atoms with Crippen LogP contribution in [0.1, 0.15) is 44.5 Å². The van der Waals surface area contributed by atoms with Crippen molar-refractivity contribution in [1.82, 2.24) is 0 Å². The summed E-state index contributed by atoms with van der Waals surface area (Å²) in [6, 6.07) is 93.3. The second-order valence-electron chi connectivity index (χ2n) is 24.9. The molecule has 4 aliphatic heterocycles. The number of fused-ring (bicyclic) bond motifs is 8. The molecule has 6 nitrogen and oxygen atoms in total. The molecule has 0 fully saturated rings. The van der Waals surface area contributed by atoms with Crippen LogP contribution >= 0.6 is 0 Å². The van der Waals surface area contributed by atoms with Crippen LogP contribution < -0.4 is 62.0 Å². The van der Waals surface area contributed by atoms with Gasteiger partial charge in [0.1, 0.15) is 11.5 Å². The minimum atomic E-state index is -0.174. The van der Waals surface area contributed by atoms with Gasteiger partial charge in [0, 0.05) is 86.1 Å². The predicted molar refractivity (Wildman–Crippen MR) is 374 cm³/mol. The summed E-state index contributed by atoms with van der Waals surface area (Å²) in [5, 5.41) is 0. The van der Waals surface area contributed by atoms with Crippen LogP contribution in [0.3, 0.4) is 0 Å². The fourth-order valence-corrected chi connectivity index (χ4v) is 14.6. The van der Waals surface area contributed by atoms with Crippen LogP contribution in [0.2, 0.25) is 0 Å². The van der Waals surface area contributed by atoms with Crippen LogP contribution in [0.5, 0.6) is 11.5 Å². The summed E-state index contributed by atoms with van der Waals surface area (Å²) in [7, 11) is 0. The molecule has 4 heterocycles. The first-order chi connectivity index (χ1) is 42.9. The fraction of sp³-hybridized carbons (Fsp3) is 0.100. The van der Waals surface area contributed by atoms with E-state index in [2.05, 4.69) is 329 Å². The van der Waals surface area contributed by atoms with E-state index in [4.69, 9.17) is 4.74 Å². The Hall–Kier alpha value is -10.4. The van der Waals surface area contributed by atoms with Crippen molar-refractivity contribution < 1.29 is 4.74 Å². The van der Waals surface area contributed by atoms with Gasteiger partial charge in [-0.05, 0) is 248 Å². The molecule has 4 aliphatic rings. The van der Waals surface area contributed by atoms with Gasteiger partial charge in [-0.3, -0.25) is 0 Å². The van der Waals surface area contributed by atoms with E-state index < -0.39 is 0 Å². The van der Waals surface area contributed by atoms with Gasteiger partial charge < -0.3 is 29.2 Å². The van der Waals surface area contributed by atoms with Crippen LogP contribution in [0.15, 0.2) is 249 Å². The lowest BCUT2D eigenvalue weighted by atomic mass is 9.30. The van der Waals surface area contributed by atoms with Crippen LogP contribution in [0.4, 0.5) is 85.3 Å². The summed E-state index contributed by atoms with van der Waals surface area (Å²) in [6.07, 6.45) is 0. The number of benzene rings is 12. The van der Waals surface area contributed by atoms with Crippen molar-refractivity contribution >= 4 is 132 Å². The van der Waals surface area contributed by atoms with Crippen molar-refractivity contribution in [3.8, 4) is 11.5 Å². The number of anilines is 15. The van der Waals surface area contributed by atoms with Gasteiger partial charge in [0.2, 0.25) is 0 Å². The first kappa shape index (κ1) is 53.1. The predicted octanol–water partition coefficient (Wildman–Crippen LogP) is 17.6. The number of rotatable bonds is 9. The highest BCUT2D eigenvalue weighted by Crippen LogP contribution is 2.51. The highest BCUT2D eigenvalue weighted by atomic mass is 16.5. The highest BCUT2D eigenvalue weighted by molar-refractivity contribution is 7.02. The van der Waals surface area contributed by atoms with Gasteiger partial charge in [-0.2, -0.15) is 0 Å². The molecule has 0 saturated heterocycles. The molecule has 0 N–H and O–H groups in total. The number of aryl methyl sites for hydroxylation is 8. The number of hydrogen-bond acceptors (Lipinski definition) is 6. The largest absolute Gasteiger partial charge is 0.458 e. The zero-order valence-electron chi connectivity index (χ0n) is 51.0. The van der Waals surface area contributed by atoms with Crippen molar-refractivity contribution in [3.63, 3.8) is 0 Å². The molecule has 0 aliphatic carbocycles. The third kappa shape index (κ3) is 8.72. The minimum Gasteiger partial charge on any atom is -0.458 e. The van der Waals surface area contributed by atoms with Gasteiger partial charge in [0.25, 0.3) is 13.4 Å². The zero-order chi connectivity index (χ0) is 59.6. The second-order valence-corrected chi connectivity index (χ2v) is 24.9. The van der Waals surface area contributed by atoms with Crippen LogP contribution in [-0.2, 0) is 0 Å². The molecule has 12 aromatic rings. The van der Waals surface area contributed by atoms with E-state index >= 15 is 0 Å². The van der Waals surface area contributed by atoms with Crippen molar-refractivity contribution in [2.45, 2.75) is 55.4 Å². The molecule has 0 aromatic heterocycles. The Morgan fingerprint density at radius 1 is 0.250 bits per heavy atom. The maximum Gasteiger partial charge on any atom is 0.256 e. The Bertz CT molecular complexity index is 4750. The number of hydrogen-bond donors (Lipinski definition) is 0. The molecule has 0 radical (unpaired) electrons. The van der Waals surface area contributed by atoms with Gasteiger partial charge in [0.15, 0.2) is 0 Å². The van der Waals surface area contributed by atoms with Gasteiger partial charge in [-0.15, -0.1) is 0 Å². The molecule has 422 valence electrons. The number of nitrogens with zero attached hydrogens (tertiary/aromatic N) is 5. The van der Waals surface area contributed by atoms with E-state index in [9.17, 15) is 0 Å². The summed E-state index contributed by atoms with van der Waals surface area (Å²) >= 11 is 0. The summed E-state index contributed by atoms with van der Waals surface area (Å²) in [4.78, 5) is 12.4. The molecular formula is C80H65B2N5O. The van der Waals surface area contributed by atoms with E-state index in [1.807, 2.05) is 0 Å². The maximum atomic E-state index is 7.80. The summed E-state index contributed by atoms with van der Waals surface area (Å²) in [6.45, 7) is 17.2. The van der Waals surface area contributed by atoms with Crippen molar-refractivity contribution in [1.29, 1.82) is 0 Å². The molecule has 0 atom stereocenters. The number of para-hydroxylation sites is 1. The van der Waals surface area contributed by atoms with Crippen molar-refractivity contribution in [2.24, 2.45) is 0 Å². The molecule has 0 unspecified atom stereocenters. The van der Waals surface area contributed by atoms with E-state index in [1.165, 1.54) is 77.7 Å². The summed E-state index contributed by atoms with van der Waals surface area (Å²) in [5.41, 5.74) is 33.4. The summed E-state index contributed by atoms with van der Waals surface area (Å²) in [5.74, 6) is 1.68. The van der Waals surface area contributed by atoms with Gasteiger partial charge in [-0.25, -0.2) is 0 Å². The Labute approximate surface area is 518 Å². The Morgan fingerprint density at radius 2 is 0.625 bits per heavy atom. The highest BCUT2D eigenvalue weighted by Gasteiger charge is 2.48. The molecule has 0 spiro atoms. The van der Waals surface area contributed by atoms with Gasteiger partial charge in [0.05, 0.1) is 11.4 Å². The SMILES string of the molecule is Cc1cccc(N(c2cccc(C)c2)c2cc3c4c(c2)N(c2cccc(C)c2)c2cc(C)ccc2B4c2cc4c(cc2O3)N(c2ccccc2)c2cc(N(c3cccc(C)c3)c3cccc(C)c3)cc3c2B4c2ccc(C)cc2N3c2cccc(C)c2)c1. The van der Waals surface area contributed by atoms with Crippen LogP contribution in [0.25, 0.3) is 0 Å². The third-order valence-electron chi connectivity index (χ3n) is 18.3. The quantitative estimate of drug-likeness (QED) is 0.134. The maximum absolute atomic E-state index is 7.80. The minimum absolute atomic E-state index is 0.160. The number of ether oxygens (including phenoxy) is 1. The lowest BCUT2D eigenvalue weighted by molar-refractivity contribution is 0.488. The van der Waals surface area contributed by atoms with Gasteiger partial charge >= 0.3 is 0 Å². The Balaban J connectivity index is 0.999. The van der Waals surface area contributed by atoms with Crippen molar-refractivity contribution in [2.75, 3.05) is 24.5 Å². The molecule has 16 rings (SSSR count). The molecule has 8 heteroatoms. The smallest absolute Gasteiger partial charge is 0.256 e. The second kappa shape index (κ2) is 20.6. The Kier molecular flexibility index (Phi) is 12.4. The fourth-order valence-electron chi connectivity index (χ4n) is 14.6. The van der Waals surface area contributed by atoms with E-state index in [0.29, 0.717) is 0 Å². The zero-order valence-corrected chi connectivity index (χ0v) is 51.0. The lowest BCUT2D eigenvalue weighted by Crippen LogP contribution is -2.64. The van der Waals surface area contributed by atoms with Crippen LogP contribution in [-0.4, -0.2) is 13.4 Å². The monoisotopic (exact) mass is 1130 g/mol. The normalized spacial score (nSPS) is 13.0. The van der Waals surface area contributed by atoms with E-state index in [0.717, 1.165) is 96.4 Å². The third-order valence-corrected chi connectivity index (χ3v) is 18.3. The molecule has 0 saturated carbocycles. The van der Waals surface area contributed by atoms with E-state index in [-0.39, 0.29) is 13.4 Å².